The van der Waals surface area contributed by atoms with E-state index in [1.165, 1.54) is 6.07 Å². The number of carbonyl (C=O) groups is 3. The molecule has 0 aromatic heterocycles. The lowest BCUT2D eigenvalue weighted by atomic mass is 9.90. The Morgan fingerprint density at radius 1 is 0.774 bits per heavy atom. The van der Waals surface area contributed by atoms with Crippen LogP contribution in [0, 0.1) is 0 Å². The highest BCUT2D eigenvalue weighted by Crippen LogP contribution is 2.40. The molecule has 0 atom stereocenters. The first-order valence-corrected chi connectivity index (χ1v) is 9.53. The molecule has 0 spiro atoms. The van der Waals surface area contributed by atoms with Crippen molar-refractivity contribution in [2.45, 2.75) is 0 Å². The minimum atomic E-state index is -1.35. The number of fused-ring (bicyclic) bond motifs is 2. The van der Waals surface area contributed by atoms with Crippen LogP contribution in [-0.4, -0.2) is 28.0 Å². The maximum Gasteiger partial charge on any atom is 0.339 e. The smallest absolute Gasteiger partial charge is 0.339 e. The Kier molecular flexibility index (Phi) is 4.08. The summed E-state index contributed by atoms with van der Waals surface area (Å²) in [5, 5.41) is 20.8. The van der Waals surface area contributed by atoms with Gasteiger partial charge < -0.3 is 10.2 Å². The predicted molar refractivity (Wildman–Crippen MR) is 116 cm³/mol. The predicted octanol–water partition coefficient (Wildman–Crippen LogP) is 4.71. The number of nitrogens with zero attached hydrogens (tertiary/aromatic N) is 1. The molecule has 0 saturated carbocycles. The highest BCUT2D eigenvalue weighted by molar-refractivity contribution is 6.38. The summed E-state index contributed by atoms with van der Waals surface area (Å²) in [7, 11) is 0. The third kappa shape index (κ3) is 2.77. The van der Waals surface area contributed by atoms with E-state index in [0.717, 1.165) is 33.4 Å². The molecule has 150 valence electrons. The number of imide groups is 1. The van der Waals surface area contributed by atoms with E-state index in [2.05, 4.69) is 0 Å². The molecule has 31 heavy (non-hydrogen) atoms. The maximum atomic E-state index is 13.5. The minimum absolute atomic E-state index is 0.0875. The Balaban J connectivity index is 1.77. The molecule has 4 aromatic rings. The van der Waals surface area contributed by atoms with Gasteiger partial charge >= 0.3 is 5.97 Å². The molecule has 6 nitrogen and oxygen atoms in total. The molecule has 0 saturated heterocycles. The molecule has 4 aromatic carbocycles. The summed E-state index contributed by atoms with van der Waals surface area (Å²) in [5.74, 6) is -2.87. The SMILES string of the molecule is O=C(O)c1cc(N2C(=O)c3cc4ccccc4c(-c4ccccc4)c3C2=O)ccc1O. The van der Waals surface area contributed by atoms with Crippen molar-refractivity contribution < 1.29 is 24.6 Å². The number of benzene rings is 4. The van der Waals surface area contributed by atoms with Crippen LogP contribution in [0.3, 0.4) is 0 Å². The number of carboxylic acid groups (broad SMARTS) is 1. The number of rotatable bonds is 3. The molecular weight excluding hydrogens is 394 g/mol. The number of aromatic hydroxyl groups is 1. The first-order chi connectivity index (χ1) is 15.0. The van der Waals surface area contributed by atoms with E-state index in [1.807, 2.05) is 54.6 Å². The summed E-state index contributed by atoms with van der Waals surface area (Å²) in [6, 6.07) is 22.2. The van der Waals surface area contributed by atoms with Gasteiger partial charge in [-0.15, -0.1) is 0 Å². The van der Waals surface area contributed by atoms with Crippen molar-refractivity contribution >= 4 is 34.2 Å². The van der Waals surface area contributed by atoms with Gasteiger partial charge in [-0.2, -0.15) is 0 Å². The van der Waals surface area contributed by atoms with Gasteiger partial charge in [0.15, 0.2) is 0 Å². The van der Waals surface area contributed by atoms with Crippen LogP contribution in [0.4, 0.5) is 5.69 Å². The maximum absolute atomic E-state index is 13.5. The van der Waals surface area contributed by atoms with E-state index in [4.69, 9.17) is 0 Å². The van der Waals surface area contributed by atoms with Crippen LogP contribution in [0.5, 0.6) is 5.75 Å². The third-order valence-electron chi connectivity index (χ3n) is 5.43. The van der Waals surface area contributed by atoms with Crippen molar-refractivity contribution in [1.82, 2.24) is 0 Å². The zero-order valence-corrected chi connectivity index (χ0v) is 16.1. The fraction of sp³-hybridized carbons (Fsp3) is 0. The average Bonchev–Trinajstić information content (AvgIpc) is 3.03. The van der Waals surface area contributed by atoms with Gasteiger partial charge in [0.05, 0.1) is 16.8 Å². The zero-order valence-electron chi connectivity index (χ0n) is 16.1. The molecule has 6 heteroatoms. The number of phenols is 1. The number of aromatic carboxylic acids is 1. The lowest BCUT2D eigenvalue weighted by Crippen LogP contribution is -2.29. The van der Waals surface area contributed by atoms with Crippen LogP contribution in [0.1, 0.15) is 31.1 Å². The van der Waals surface area contributed by atoms with E-state index in [-0.39, 0.29) is 22.4 Å². The second kappa shape index (κ2) is 6.81. The van der Waals surface area contributed by atoms with Crippen LogP contribution in [0.25, 0.3) is 21.9 Å². The van der Waals surface area contributed by atoms with E-state index < -0.39 is 23.5 Å². The van der Waals surface area contributed by atoms with E-state index in [0.29, 0.717) is 5.56 Å². The van der Waals surface area contributed by atoms with Gasteiger partial charge in [0.2, 0.25) is 0 Å². The van der Waals surface area contributed by atoms with Crippen molar-refractivity contribution in [3.05, 3.63) is 95.6 Å². The van der Waals surface area contributed by atoms with Crippen LogP contribution in [0.15, 0.2) is 78.9 Å². The summed E-state index contributed by atoms with van der Waals surface area (Å²) in [5.41, 5.74) is 1.70. The van der Waals surface area contributed by atoms with Crippen molar-refractivity contribution in [2.75, 3.05) is 4.90 Å². The molecule has 0 aliphatic carbocycles. The molecule has 1 heterocycles. The molecule has 0 fully saturated rings. The summed E-state index contributed by atoms with van der Waals surface area (Å²) in [4.78, 5) is 39.2. The Morgan fingerprint density at radius 2 is 1.48 bits per heavy atom. The first kappa shape index (κ1) is 18.6. The van der Waals surface area contributed by atoms with Gasteiger partial charge in [-0.25, -0.2) is 9.69 Å². The van der Waals surface area contributed by atoms with E-state index in [9.17, 15) is 24.6 Å². The van der Waals surface area contributed by atoms with Crippen LogP contribution >= 0.6 is 0 Å². The summed E-state index contributed by atoms with van der Waals surface area (Å²) < 4.78 is 0. The van der Waals surface area contributed by atoms with Crippen LogP contribution < -0.4 is 4.90 Å². The van der Waals surface area contributed by atoms with E-state index >= 15 is 0 Å². The van der Waals surface area contributed by atoms with Gasteiger partial charge in [-0.05, 0) is 40.6 Å². The van der Waals surface area contributed by atoms with Gasteiger partial charge in [0, 0.05) is 5.56 Å². The Bertz CT molecular complexity index is 1410. The minimum Gasteiger partial charge on any atom is -0.507 e. The Labute approximate surface area is 176 Å². The monoisotopic (exact) mass is 409 g/mol. The number of hydrogen-bond donors (Lipinski definition) is 2. The second-order valence-corrected chi connectivity index (χ2v) is 7.21. The van der Waals surface area contributed by atoms with Gasteiger partial charge in [-0.1, -0.05) is 54.6 Å². The van der Waals surface area contributed by atoms with Gasteiger partial charge in [0.1, 0.15) is 11.3 Å². The van der Waals surface area contributed by atoms with Gasteiger partial charge in [0.25, 0.3) is 11.8 Å². The van der Waals surface area contributed by atoms with E-state index in [1.54, 1.807) is 6.07 Å². The number of carboxylic acids is 1. The molecule has 2 amide bonds. The summed E-state index contributed by atoms with van der Waals surface area (Å²) in [6.07, 6.45) is 0. The number of anilines is 1. The molecular formula is C25H15NO5. The summed E-state index contributed by atoms with van der Waals surface area (Å²) in [6.45, 7) is 0. The summed E-state index contributed by atoms with van der Waals surface area (Å²) >= 11 is 0. The fourth-order valence-electron chi connectivity index (χ4n) is 4.04. The third-order valence-corrected chi connectivity index (χ3v) is 5.43. The fourth-order valence-corrected chi connectivity index (χ4v) is 4.04. The Morgan fingerprint density at radius 3 is 2.23 bits per heavy atom. The molecule has 0 radical (unpaired) electrons. The molecule has 2 N–H and O–H groups in total. The van der Waals surface area contributed by atoms with Crippen LogP contribution in [-0.2, 0) is 0 Å². The lowest BCUT2D eigenvalue weighted by Gasteiger charge is -2.15. The van der Waals surface area contributed by atoms with Crippen molar-refractivity contribution in [3.8, 4) is 16.9 Å². The molecule has 0 bridgehead atoms. The Hall–Kier alpha value is -4.45. The standard InChI is InChI=1S/C25H15NO5/c27-20-11-10-16(13-18(20)25(30)31)26-23(28)19-12-15-8-4-5-9-17(15)21(22(19)24(26)29)14-6-2-1-3-7-14/h1-13,27H,(H,30,31). The van der Waals surface area contributed by atoms with Crippen molar-refractivity contribution in [3.63, 3.8) is 0 Å². The number of carbonyl (C=O) groups excluding carboxylic acids is 2. The quantitative estimate of drug-likeness (QED) is 0.478. The van der Waals surface area contributed by atoms with Crippen LogP contribution in [0.2, 0.25) is 0 Å². The molecule has 1 aliphatic heterocycles. The molecule has 0 unspecified atom stereocenters. The topological polar surface area (TPSA) is 94.9 Å². The van der Waals surface area contributed by atoms with Crippen molar-refractivity contribution in [1.29, 1.82) is 0 Å². The highest BCUT2D eigenvalue weighted by atomic mass is 16.4. The normalized spacial score (nSPS) is 13.0. The number of hydrogen-bond acceptors (Lipinski definition) is 4. The largest absolute Gasteiger partial charge is 0.507 e. The van der Waals surface area contributed by atoms with Crippen molar-refractivity contribution in [2.24, 2.45) is 0 Å². The molecule has 5 rings (SSSR count). The first-order valence-electron chi connectivity index (χ1n) is 9.53. The highest BCUT2D eigenvalue weighted by Gasteiger charge is 2.40. The second-order valence-electron chi connectivity index (χ2n) is 7.21. The zero-order chi connectivity index (χ0) is 21.7. The molecule has 1 aliphatic rings. The average molecular weight is 409 g/mol. The van der Waals surface area contributed by atoms with Gasteiger partial charge in [-0.3, -0.25) is 9.59 Å². The number of amides is 2. The lowest BCUT2D eigenvalue weighted by molar-refractivity contribution is 0.0692.